The fraction of sp³-hybridized carbons (Fsp3) is 0.360. The third-order valence-electron chi connectivity index (χ3n) is 6.60. The van der Waals surface area contributed by atoms with E-state index in [1.165, 1.54) is 24.3 Å². The Labute approximate surface area is 196 Å². The van der Waals surface area contributed by atoms with Gasteiger partial charge in [-0.2, -0.15) is 36.1 Å². The average molecular weight is 493 g/mol. The van der Waals surface area contributed by atoms with E-state index in [1.54, 1.807) is 0 Å². The molecule has 0 atom stereocenters. The predicted octanol–water partition coefficient (Wildman–Crippen LogP) is 6.03. The molecule has 0 unspecified atom stereocenters. The molecule has 5 rings (SSSR count). The summed E-state index contributed by atoms with van der Waals surface area (Å²) in [6.07, 6.45) is -6.21. The molecule has 4 nitrogen and oxygen atoms in total. The Balaban J connectivity index is 1.75. The highest BCUT2D eigenvalue weighted by molar-refractivity contribution is 5.67. The van der Waals surface area contributed by atoms with Crippen molar-refractivity contribution in [2.75, 3.05) is 18.0 Å². The number of hydrogen-bond donors (Lipinski definition) is 0. The van der Waals surface area contributed by atoms with Gasteiger partial charge < -0.3 is 4.90 Å². The lowest BCUT2D eigenvalue weighted by atomic mass is 10.0. The second-order valence-electron chi connectivity index (χ2n) is 8.85. The molecule has 1 aromatic heterocycles. The van der Waals surface area contributed by atoms with Crippen LogP contribution in [0.3, 0.4) is 0 Å². The molecule has 0 saturated carbocycles. The molecule has 2 aromatic carbocycles. The molecule has 2 heterocycles. The summed E-state index contributed by atoms with van der Waals surface area (Å²) < 4.78 is 82.7. The summed E-state index contributed by atoms with van der Waals surface area (Å²) in [4.78, 5) is 15.3. The van der Waals surface area contributed by atoms with Crippen molar-refractivity contribution in [1.82, 2.24) is 9.78 Å². The van der Waals surface area contributed by atoms with Gasteiger partial charge in [-0.05, 0) is 68.0 Å². The summed E-state index contributed by atoms with van der Waals surface area (Å²) in [6.45, 7) is 1.37. The lowest BCUT2D eigenvalue weighted by Gasteiger charge is -2.22. The Morgan fingerprint density at radius 3 is 2.20 bits per heavy atom. The second kappa shape index (κ2) is 8.42. The molecule has 0 N–H and O–H groups in total. The molecule has 0 bridgehead atoms. The van der Waals surface area contributed by atoms with E-state index in [9.17, 15) is 31.1 Å². The van der Waals surface area contributed by atoms with E-state index in [-0.39, 0.29) is 11.3 Å². The van der Waals surface area contributed by atoms with Gasteiger partial charge in [0.05, 0.1) is 22.5 Å². The monoisotopic (exact) mass is 493 g/mol. The molecule has 2 aliphatic rings. The van der Waals surface area contributed by atoms with Gasteiger partial charge in [0.15, 0.2) is 0 Å². The maximum Gasteiger partial charge on any atom is 0.418 e. The Kier molecular flexibility index (Phi) is 5.64. The zero-order valence-corrected chi connectivity index (χ0v) is 18.5. The maximum absolute atomic E-state index is 14.0. The van der Waals surface area contributed by atoms with Crippen LogP contribution in [0.1, 0.15) is 41.5 Å². The standard InChI is InChI=1S/C25H21F6N3O/c26-24(27,28)16-6-3-5-15(13-16)22-18-7-4-8-19(18)23(35)34(32-22)21-14-17(33-11-1-2-12-33)9-10-20(21)25(29,30)31/h3,5-6,9-10,13-14H,1-2,4,7-8,11-12H2. The molecule has 1 fully saturated rings. The van der Waals surface area contributed by atoms with E-state index in [2.05, 4.69) is 5.10 Å². The number of hydrogen-bond acceptors (Lipinski definition) is 3. The van der Waals surface area contributed by atoms with Gasteiger partial charge in [0.1, 0.15) is 0 Å². The SMILES string of the molecule is O=c1c2c(c(-c3cccc(C(F)(F)F)c3)nn1-c1cc(N3CCCC3)ccc1C(F)(F)F)CCC2. The summed E-state index contributed by atoms with van der Waals surface area (Å²) in [5, 5.41) is 4.27. The third-order valence-corrected chi connectivity index (χ3v) is 6.60. The second-order valence-corrected chi connectivity index (χ2v) is 8.85. The van der Waals surface area contributed by atoms with Crippen LogP contribution in [-0.4, -0.2) is 22.9 Å². The van der Waals surface area contributed by atoms with Gasteiger partial charge in [0.25, 0.3) is 5.56 Å². The van der Waals surface area contributed by atoms with Crippen LogP contribution in [0.5, 0.6) is 0 Å². The van der Waals surface area contributed by atoms with Crippen molar-refractivity contribution >= 4 is 5.69 Å². The molecule has 1 aliphatic heterocycles. The van der Waals surface area contributed by atoms with Crippen molar-refractivity contribution in [3.8, 4) is 16.9 Å². The van der Waals surface area contributed by atoms with Crippen molar-refractivity contribution in [3.63, 3.8) is 0 Å². The van der Waals surface area contributed by atoms with E-state index in [4.69, 9.17) is 0 Å². The summed E-state index contributed by atoms with van der Waals surface area (Å²) in [5.41, 5.74) is -1.47. The molecular weight excluding hydrogens is 472 g/mol. The van der Waals surface area contributed by atoms with Crippen LogP contribution in [0, 0.1) is 0 Å². The van der Waals surface area contributed by atoms with Crippen LogP contribution in [0.15, 0.2) is 47.3 Å². The normalized spacial score (nSPS) is 16.1. The van der Waals surface area contributed by atoms with E-state index >= 15 is 0 Å². The summed E-state index contributed by atoms with van der Waals surface area (Å²) in [6, 6.07) is 8.11. The minimum Gasteiger partial charge on any atom is -0.371 e. The first kappa shape index (κ1) is 23.4. The van der Waals surface area contributed by atoms with Crippen molar-refractivity contribution in [3.05, 3.63) is 75.1 Å². The van der Waals surface area contributed by atoms with Gasteiger partial charge in [0.2, 0.25) is 0 Å². The molecule has 35 heavy (non-hydrogen) atoms. The Morgan fingerprint density at radius 1 is 0.800 bits per heavy atom. The Morgan fingerprint density at radius 2 is 1.51 bits per heavy atom. The first-order chi connectivity index (χ1) is 16.5. The van der Waals surface area contributed by atoms with Crippen molar-refractivity contribution < 1.29 is 26.3 Å². The van der Waals surface area contributed by atoms with Crippen LogP contribution in [0.25, 0.3) is 16.9 Å². The van der Waals surface area contributed by atoms with Crippen LogP contribution >= 0.6 is 0 Å². The van der Waals surface area contributed by atoms with Crippen LogP contribution in [-0.2, 0) is 25.2 Å². The third kappa shape index (κ3) is 4.30. The van der Waals surface area contributed by atoms with Gasteiger partial charge >= 0.3 is 12.4 Å². The van der Waals surface area contributed by atoms with Crippen molar-refractivity contribution in [2.24, 2.45) is 0 Å². The lowest BCUT2D eigenvalue weighted by molar-refractivity contribution is -0.138. The molecule has 1 aliphatic carbocycles. The fourth-order valence-electron chi connectivity index (χ4n) is 4.92. The smallest absolute Gasteiger partial charge is 0.371 e. The zero-order valence-electron chi connectivity index (χ0n) is 18.5. The number of aromatic nitrogens is 2. The average Bonchev–Trinajstić information content (AvgIpc) is 3.51. The minimum absolute atomic E-state index is 0.0999. The molecule has 184 valence electrons. The van der Waals surface area contributed by atoms with Gasteiger partial charge in [-0.3, -0.25) is 4.79 Å². The molecule has 3 aromatic rings. The van der Waals surface area contributed by atoms with Gasteiger partial charge in [-0.1, -0.05) is 12.1 Å². The number of anilines is 1. The van der Waals surface area contributed by atoms with Crippen molar-refractivity contribution in [2.45, 2.75) is 44.5 Å². The highest BCUT2D eigenvalue weighted by Gasteiger charge is 2.36. The highest BCUT2D eigenvalue weighted by Crippen LogP contribution is 2.38. The number of alkyl halides is 6. The fourth-order valence-corrected chi connectivity index (χ4v) is 4.92. The number of nitrogens with zero attached hydrogens (tertiary/aromatic N) is 3. The number of benzene rings is 2. The van der Waals surface area contributed by atoms with E-state index in [1.807, 2.05) is 4.90 Å². The van der Waals surface area contributed by atoms with Crippen molar-refractivity contribution in [1.29, 1.82) is 0 Å². The maximum atomic E-state index is 14.0. The number of halogens is 6. The van der Waals surface area contributed by atoms with Crippen LogP contribution < -0.4 is 10.5 Å². The topological polar surface area (TPSA) is 38.1 Å². The van der Waals surface area contributed by atoms with E-state index in [0.717, 1.165) is 35.7 Å². The molecule has 1 saturated heterocycles. The first-order valence-electron chi connectivity index (χ1n) is 11.3. The van der Waals surface area contributed by atoms with E-state index in [0.29, 0.717) is 49.2 Å². The van der Waals surface area contributed by atoms with Gasteiger partial charge in [-0.25, -0.2) is 0 Å². The molecular formula is C25H21F6N3O. The predicted molar refractivity (Wildman–Crippen MR) is 119 cm³/mol. The minimum atomic E-state index is -4.75. The van der Waals surface area contributed by atoms with E-state index < -0.39 is 34.7 Å². The summed E-state index contributed by atoms with van der Waals surface area (Å²) in [7, 11) is 0. The number of fused-ring (bicyclic) bond motifs is 1. The molecule has 0 amide bonds. The summed E-state index contributed by atoms with van der Waals surface area (Å²) >= 11 is 0. The van der Waals surface area contributed by atoms with Gasteiger partial charge in [0, 0.05) is 29.9 Å². The largest absolute Gasteiger partial charge is 0.418 e. The zero-order chi connectivity index (χ0) is 25.0. The van der Waals surface area contributed by atoms with Gasteiger partial charge in [-0.15, -0.1) is 0 Å². The number of rotatable bonds is 3. The quantitative estimate of drug-likeness (QED) is 0.419. The molecule has 0 radical (unpaired) electrons. The Bertz CT molecular complexity index is 1340. The first-order valence-corrected chi connectivity index (χ1v) is 11.3. The summed E-state index contributed by atoms with van der Waals surface area (Å²) in [5.74, 6) is 0. The molecule has 10 heteroatoms. The highest BCUT2D eigenvalue weighted by atomic mass is 19.4. The molecule has 0 spiro atoms. The Hall–Kier alpha value is -3.30. The lowest BCUT2D eigenvalue weighted by Crippen LogP contribution is -2.28. The van der Waals surface area contributed by atoms with Crippen LogP contribution in [0.2, 0.25) is 0 Å². The van der Waals surface area contributed by atoms with Crippen LogP contribution in [0.4, 0.5) is 32.0 Å².